The number of fused-ring (bicyclic) bond motifs is 1. The van der Waals surface area contributed by atoms with E-state index >= 15 is 0 Å². The van der Waals surface area contributed by atoms with Crippen LogP contribution in [0.25, 0.3) is 5.57 Å². The summed E-state index contributed by atoms with van der Waals surface area (Å²) in [6, 6.07) is 6.12. The van der Waals surface area contributed by atoms with Crippen molar-refractivity contribution in [1.82, 2.24) is 0 Å². The van der Waals surface area contributed by atoms with Crippen LogP contribution in [0.1, 0.15) is 32.8 Å². The highest BCUT2D eigenvalue weighted by atomic mass is 31.1. The number of rotatable bonds is 2. The van der Waals surface area contributed by atoms with Crippen molar-refractivity contribution in [1.29, 1.82) is 0 Å². The average Bonchev–Trinajstić information content (AvgIpc) is 2.91. The molecule has 3 rings (SSSR count). The molecule has 1 aliphatic carbocycles. The first kappa shape index (κ1) is 15.3. The molecule has 0 saturated heterocycles. The van der Waals surface area contributed by atoms with Gasteiger partial charge in [0.15, 0.2) is 5.78 Å². The Balaban J connectivity index is 2.18. The summed E-state index contributed by atoms with van der Waals surface area (Å²) in [6.45, 7) is 6.77. The van der Waals surface area contributed by atoms with E-state index in [0.717, 1.165) is 29.0 Å². The first-order valence-electron chi connectivity index (χ1n) is 7.43. The molecule has 0 bridgehead atoms. The second-order valence-corrected chi connectivity index (χ2v) is 9.45. The topological polar surface area (TPSA) is 35.5 Å². The molecule has 0 N–H and O–H groups in total. The quantitative estimate of drug-likeness (QED) is 0.778. The van der Waals surface area contributed by atoms with Gasteiger partial charge in [-0.05, 0) is 36.9 Å². The lowest BCUT2D eigenvalue weighted by Gasteiger charge is -2.28. The highest BCUT2D eigenvalue weighted by molar-refractivity contribution is 7.67. The molecule has 0 fully saturated rings. The third-order valence-corrected chi connectivity index (χ3v) is 7.05. The minimum Gasteiger partial charge on any atom is -0.496 e. The normalized spacial score (nSPS) is 20.9. The molecule has 1 aromatic rings. The molecular formula is C18H21O3P. The monoisotopic (exact) mass is 316 g/mol. The van der Waals surface area contributed by atoms with Crippen LogP contribution in [0.15, 0.2) is 36.1 Å². The number of benzene rings is 1. The van der Waals surface area contributed by atoms with Gasteiger partial charge < -0.3 is 9.47 Å². The van der Waals surface area contributed by atoms with Gasteiger partial charge in [-0.25, -0.2) is 0 Å². The molecule has 1 heterocycles. The van der Waals surface area contributed by atoms with E-state index in [4.69, 9.17) is 9.47 Å². The van der Waals surface area contributed by atoms with E-state index in [9.17, 15) is 4.79 Å². The number of ketones is 1. The Bertz CT molecular complexity index is 680. The molecule has 0 amide bonds. The van der Waals surface area contributed by atoms with Crippen molar-refractivity contribution in [3.8, 4) is 5.75 Å². The highest BCUT2D eigenvalue weighted by Gasteiger charge is 2.36. The molecule has 0 aromatic heterocycles. The molecule has 3 nitrogen and oxygen atoms in total. The summed E-state index contributed by atoms with van der Waals surface area (Å²) < 4.78 is 11.4. The summed E-state index contributed by atoms with van der Waals surface area (Å²) in [5, 5.41) is 1.44. The van der Waals surface area contributed by atoms with Gasteiger partial charge in [-0.2, -0.15) is 0 Å². The van der Waals surface area contributed by atoms with Crippen LogP contribution in [-0.4, -0.2) is 24.4 Å². The van der Waals surface area contributed by atoms with E-state index in [2.05, 4.69) is 26.8 Å². The fourth-order valence-corrected chi connectivity index (χ4v) is 5.26. The van der Waals surface area contributed by atoms with E-state index < -0.39 is 7.92 Å². The molecule has 0 saturated carbocycles. The van der Waals surface area contributed by atoms with Gasteiger partial charge in [0.05, 0.1) is 7.11 Å². The number of ether oxygens (including phenoxy) is 2. The van der Waals surface area contributed by atoms with E-state index in [1.165, 1.54) is 5.30 Å². The number of carbonyl (C=O) groups is 1. The molecule has 0 spiro atoms. The molecule has 1 aliphatic heterocycles. The predicted octanol–water partition coefficient (Wildman–Crippen LogP) is 3.83. The third kappa shape index (κ3) is 2.59. The van der Waals surface area contributed by atoms with Crippen molar-refractivity contribution in [2.24, 2.45) is 0 Å². The second kappa shape index (κ2) is 5.55. The summed E-state index contributed by atoms with van der Waals surface area (Å²) in [5.41, 5.74) is 2.10. The van der Waals surface area contributed by atoms with Crippen molar-refractivity contribution >= 4 is 24.6 Å². The van der Waals surface area contributed by atoms with Crippen molar-refractivity contribution < 1.29 is 14.3 Å². The molecule has 2 aliphatic rings. The SMILES string of the molecule is COC1=C(c2cccc3c2P(C(C)(C)C)CO3)CC(=O)C=C1. The van der Waals surface area contributed by atoms with Crippen LogP contribution in [-0.2, 0) is 9.53 Å². The molecule has 0 radical (unpaired) electrons. The zero-order valence-corrected chi connectivity index (χ0v) is 14.4. The molecular weight excluding hydrogens is 295 g/mol. The Morgan fingerprint density at radius 2 is 2.00 bits per heavy atom. The minimum atomic E-state index is -0.433. The second-order valence-electron chi connectivity index (χ2n) is 6.55. The molecule has 4 heteroatoms. The maximum absolute atomic E-state index is 11.9. The highest BCUT2D eigenvalue weighted by Crippen LogP contribution is 2.55. The summed E-state index contributed by atoms with van der Waals surface area (Å²) in [6.07, 6.45) is 4.51. The van der Waals surface area contributed by atoms with Crippen molar-refractivity contribution in [3.05, 3.63) is 41.7 Å². The lowest BCUT2D eigenvalue weighted by molar-refractivity contribution is -0.113. The number of allylic oxidation sites excluding steroid dienone is 3. The summed E-state index contributed by atoms with van der Waals surface area (Å²) in [7, 11) is 1.22. The van der Waals surface area contributed by atoms with Gasteiger partial charge in [-0.1, -0.05) is 32.9 Å². The van der Waals surface area contributed by atoms with E-state index in [-0.39, 0.29) is 10.9 Å². The van der Waals surface area contributed by atoms with Crippen LogP contribution in [0.2, 0.25) is 0 Å². The maximum atomic E-state index is 11.9. The van der Waals surface area contributed by atoms with E-state index in [1.54, 1.807) is 19.3 Å². The minimum absolute atomic E-state index is 0.118. The van der Waals surface area contributed by atoms with Gasteiger partial charge in [0.2, 0.25) is 0 Å². The Morgan fingerprint density at radius 3 is 2.68 bits per heavy atom. The summed E-state index contributed by atoms with van der Waals surface area (Å²) in [5.74, 6) is 1.86. The van der Waals surface area contributed by atoms with Crippen molar-refractivity contribution in [2.45, 2.75) is 32.3 Å². The number of hydrogen-bond acceptors (Lipinski definition) is 3. The van der Waals surface area contributed by atoms with Gasteiger partial charge in [-0.15, -0.1) is 0 Å². The average molecular weight is 316 g/mol. The molecule has 1 unspecified atom stereocenters. The number of methoxy groups -OCH3 is 1. The standard InChI is InChI=1S/C18H21O3P/c1-18(2,3)22-11-21-16-7-5-6-13(17(16)22)14-10-12(19)8-9-15(14)20-4/h5-9H,10-11H2,1-4H3. The molecule has 1 aromatic carbocycles. The third-order valence-electron chi connectivity index (χ3n) is 4.04. The number of carbonyl (C=O) groups excluding carboxylic acids is 1. The molecule has 22 heavy (non-hydrogen) atoms. The van der Waals surface area contributed by atoms with Crippen LogP contribution < -0.4 is 10.0 Å². The fourth-order valence-electron chi connectivity index (χ4n) is 2.90. The van der Waals surface area contributed by atoms with Gasteiger partial charge in [0.1, 0.15) is 17.9 Å². The summed E-state index contributed by atoms with van der Waals surface area (Å²) >= 11 is 0. The van der Waals surface area contributed by atoms with Crippen molar-refractivity contribution in [3.63, 3.8) is 0 Å². The number of hydrogen-bond donors (Lipinski definition) is 0. The van der Waals surface area contributed by atoms with Crippen LogP contribution >= 0.6 is 7.92 Å². The van der Waals surface area contributed by atoms with Crippen LogP contribution in [0, 0.1) is 0 Å². The van der Waals surface area contributed by atoms with E-state index in [1.807, 2.05) is 12.1 Å². The lowest BCUT2D eigenvalue weighted by atomic mass is 9.95. The zero-order chi connectivity index (χ0) is 15.9. The van der Waals surface area contributed by atoms with Crippen molar-refractivity contribution in [2.75, 3.05) is 13.5 Å². The Hall–Kier alpha value is -1.60. The Labute approximate surface area is 132 Å². The van der Waals surface area contributed by atoms with Gasteiger partial charge in [0, 0.05) is 17.3 Å². The van der Waals surface area contributed by atoms with Crippen LogP contribution in [0.5, 0.6) is 5.75 Å². The predicted molar refractivity (Wildman–Crippen MR) is 90.9 cm³/mol. The van der Waals surface area contributed by atoms with E-state index in [0.29, 0.717) is 6.42 Å². The Kier molecular flexibility index (Phi) is 3.86. The van der Waals surface area contributed by atoms with Gasteiger partial charge in [-0.3, -0.25) is 4.79 Å². The Morgan fingerprint density at radius 1 is 1.23 bits per heavy atom. The first-order chi connectivity index (χ1) is 10.4. The van der Waals surface area contributed by atoms with Crippen LogP contribution in [0.3, 0.4) is 0 Å². The first-order valence-corrected chi connectivity index (χ1v) is 8.96. The lowest BCUT2D eigenvalue weighted by Crippen LogP contribution is -2.21. The smallest absolute Gasteiger partial charge is 0.160 e. The van der Waals surface area contributed by atoms with Gasteiger partial charge >= 0.3 is 0 Å². The fraction of sp³-hybridized carbons (Fsp3) is 0.389. The summed E-state index contributed by atoms with van der Waals surface area (Å²) in [4.78, 5) is 11.9. The molecule has 116 valence electrons. The largest absolute Gasteiger partial charge is 0.496 e. The van der Waals surface area contributed by atoms with Gasteiger partial charge in [0.25, 0.3) is 0 Å². The maximum Gasteiger partial charge on any atom is 0.160 e. The zero-order valence-electron chi connectivity index (χ0n) is 13.5. The van der Waals surface area contributed by atoms with Crippen LogP contribution in [0.4, 0.5) is 0 Å². The molecule has 1 atom stereocenters.